The number of methoxy groups -OCH3 is 3. The molecule has 11 heteroatoms. The van der Waals surface area contributed by atoms with Gasteiger partial charge in [0.15, 0.2) is 12.6 Å². The van der Waals surface area contributed by atoms with Gasteiger partial charge in [0.05, 0.1) is 33.4 Å². The van der Waals surface area contributed by atoms with E-state index in [1.54, 1.807) is 52.6 Å². The zero-order chi connectivity index (χ0) is 22.9. The number of hydrogen-bond acceptors (Lipinski definition) is 5. The average Bonchev–Trinajstić information content (AvgIpc) is 2.77. The van der Waals surface area contributed by atoms with E-state index in [1.807, 2.05) is 0 Å². The Morgan fingerprint density at radius 3 is 1.91 bits per heavy atom. The van der Waals surface area contributed by atoms with Gasteiger partial charge < -0.3 is 29.6 Å². The van der Waals surface area contributed by atoms with Crippen molar-refractivity contribution in [1.82, 2.24) is 10.6 Å². The minimum atomic E-state index is -4.37. The SMILES string of the molecule is CN=C(NCc1ccc(OCC(F)(F)F)cc1)NCc1c(OC)cc(OC)cc1OC.I. The third-order valence-corrected chi connectivity index (χ3v) is 4.26. The third kappa shape index (κ3) is 8.52. The lowest BCUT2D eigenvalue weighted by molar-refractivity contribution is -0.153. The van der Waals surface area contributed by atoms with Crippen LogP contribution in [0.1, 0.15) is 11.1 Å². The Kier molecular flexibility index (Phi) is 11.2. The Morgan fingerprint density at radius 1 is 0.875 bits per heavy atom. The molecule has 2 rings (SSSR count). The van der Waals surface area contributed by atoms with Gasteiger partial charge in [-0.05, 0) is 17.7 Å². The van der Waals surface area contributed by atoms with Crippen LogP contribution in [0.3, 0.4) is 0 Å². The zero-order valence-corrected chi connectivity index (χ0v) is 20.5. The van der Waals surface area contributed by atoms with Crippen LogP contribution in [0.15, 0.2) is 41.4 Å². The second-order valence-electron chi connectivity index (χ2n) is 6.34. The highest BCUT2D eigenvalue weighted by molar-refractivity contribution is 14.0. The van der Waals surface area contributed by atoms with Crippen LogP contribution >= 0.6 is 24.0 Å². The summed E-state index contributed by atoms with van der Waals surface area (Å²) in [4.78, 5) is 4.18. The fraction of sp³-hybridized carbons (Fsp3) is 0.381. The molecule has 0 radical (unpaired) electrons. The molecule has 0 atom stereocenters. The molecule has 0 heterocycles. The number of halogens is 4. The van der Waals surface area contributed by atoms with Gasteiger partial charge in [0.25, 0.3) is 0 Å². The van der Waals surface area contributed by atoms with Gasteiger partial charge in [-0.1, -0.05) is 12.1 Å². The summed E-state index contributed by atoms with van der Waals surface area (Å²) in [5, 5.41) is 6.32. The van der Waals surface area contributed by atoms with Crippen LogP contribution < -0.4 is 29.6 Å². The first-order valence-corrected chi connectivity index (χ1v) is 9.31. The maximum Gasteiger partial charge on any atom is 0.422 e. The highest BCUT2D eigenvalue weighted by Gasteiger charge is 2.28. The second-order valence-corrected chi connectivity index (χ2v) is 6.34. The van der Waals surface area contributed by atoms with E-state index < -0.39 is 12.8 Å². The molecule has 0 aliphatic rings. The predicted octanol–water partition coefficient (Wildman–Crippen LogP) is 4.14. The van der Waals surface area contributed by atoms with Crippen molar-refractivity contribution in [3.05, 3.63) is 47.5 Å². The van der Waals surface area contributed by atoms with Crippen molar-refractivity contribution in [2.75, 3.05) is 35.0 Å². The molecule has 0 saturated carbocycles. The van der Waals surface area contributed by atoms with Gasteiger partial charge in [-0.2, -0.15) is 13.2 Å². The number of guanidine groups is 1. The lowest BCUT2D eigenvalue weighted by Crippen LogP contribution is -2.36. The first-order chi connectivity index (χ1) is 14.8. The van der Waals surface area contributed by atoms with Gasteiger partial charge in [-0.3, -0.25) is 4.99 Å². The molecular weight excluding hydrogens is 542 g/mol. The normalized spacial score (nSPS) is 11.3. The number of rotatable bonds is 9. The van der Waals surface area contributed by atoms with E-state index in [0.717, 1.165) is 11.1 Å². The van der Waals surface area contributed by atoms with Crippen molar-refractivity contribution >= 4 is 29.9 Å². The fourth-order valence-corrected chi connectivity index (χ4v) is 2.70. The van der Waals surface area contributed by atoms with E-state index in [1.165, 1.54) is 12.1 Å². The van der Waals surface area contributed by atoms with Crippen LogP contribution in [0.2, 0.25) is 0 Å². The van der Waals surface area contributed by atoms with E-state index in [0.29, 0.717) is 36.3 Å². The molecule has 2 aromatic rings. The van der Waals surface area contributed by atoms with Gasteiger partial charge in [0.1, 0.15) is 23.0 Å². The summed E-state index contributed by atoms with van der Waals surface area (Å²) in [6, 6.07) is 9.87. The third-order valence-electron chi connectivity index (χ3n) is 4.26. The smallest absolute Gasteiger partial charge is 0.422 e. The number of aliphatic imine (C=N–C) groups is 1. The summed E-state index contributed by atoms with van der Waals surface area (Å²) >= 11 is 0. The van der Waals surface area contributed by atoms with E-state index in [9.17, 15) is 13.2 Å². The van der Waals surface area contributed by atoms with Crippen LogP contribution in [0.4, 0.5) is 13.2 Å². The lowest BCUT2D eigenvalue weighted by Gasteiger charge is -2.17. The van der Waals surface area contributed by atoms with E-state index >= 15 is 0 Å². The summed E-state index contributed by atoms with van der Waals surface area (Å²) in [6.07, 6.45) is -4.37. The van der Waals surface area contributed by atoms with Crippen LogP contribution in [-0.2, 0) is 13.1 Å². The van der Waals surface area contributed by atoms with Crippen LogP contribution in [0, 0.1) is 0 Å². The highest BCUT2D eigenvalue weighted by atomic mass is 127. The molecule has 32 heavy (non-hydrogen) atoms. The number of ether oxygens (including phenoxy) is 4. The molecule has 0 aliphatic carbocycles. The monoisotopic (exact) mass is 569 g/mol. The average molecular weight is 569 g/mol. The molecule has 178 valence electrons. The Labute approximate surface area is 202 Å². The van der Waals surface area contributed by atoms with Gasteiger partial charge in [-0.15, -0.1) is 24.0 Å². The molecule has 2 N–H and O–H groups in total. The molecule has 0 aliphatic heterocycles. The van der Waals surface area contributed by atoms with E-state index in [-0.39, 0.29) is 29.7 Å². The summed E-state index contributed by atoms with van der Waals surface area (Å²) in [5.74, 6) is 2.50. The van der Waals surface area contributed by atoms with Gasteiger partial charge in [-0.25, -0.2) is 0 Å². The zero-order valence-electron chi connectivity index (χ0n) is 18.2. The summed E-state index contributed by atoms with van der Waals surface area (Å²) in [6.45, 7) is -0.532. The summed E-state index contributed by atoms with van der Waals surface area (Å²) in [5.41, 5.74) is 1.64. The highest BCUT2D eigenvalue weighted by Crippen LogP contribution is 2.33. The minimum Gasteiger partial charge on any atom is -0.496 e. The number of benzene rings is 2. The van der Waals surface area contributed by atoms with Crippen molar-refractivity contribution in [3.8, 4) is 23.0 Å². The first kappa shape index (κ1) is 27.5. The molecular formula is C21H27F3IN3O4. The van der Waals surface area contributed by atoms with Crippen LogP contribution in [0.25, 0.3) is 0 Å². The van der Waals surface area contributed by atoms with E-state index in [4.69, 9.17) is 18.9 Å². The Balaban J connectivity index is 0.00000512. The number of hydrogen-bond donors (Lipinski definition) is 2. The molecule has 7 nitrogen and oxygen atoms in total. The number of nitrogens with one attached hydrogen (secondary N) is 2. The van der Waals surface area contributed by atoms with Crippen molar-refractivity contribution in [2.24, 2.45) is 4.99 Å². The predicted molar refractivity (Wildman–Crippen MR) is 127 cm³/mol. The molecule has 2 aromatic carbocycles. The Hall–Kier alpha value is -2.57. The maximum absolute atomic E-state index is 12.2. The number of alkyl halides is 3. The molecule has 0 unspecified atom stereocenters. The summed E-state index contributed by atoms with van der Waals surface area (Å²) in [7, 11) is 6.32. The molecule has 0 bridgehead atoms. The molecule has 0 saturated heterocycles. The number of nitrogens with zero attached hydrogens (tertiary/aromatic N) is 1. The van der Waals surface area contributed by atoms with Crippen LogP contribution in [0.5, 0.6) is 23.0 Å². The first-order valence-electron chi connectivity index (χ1n) is 9.31. The minimum absolute atomic E-state index is 0. The van der Waals surface area contributed by atoms with Crippen molar-refractivity contribution in [2.45, 2.75) is 19.3 Å². The molecule has 0 spiro atoms. The topological polar surface area (TPSA) is 73.3 Å². The van der Waals surface area contributed by atoms with Crippen LogP contribution in [-0.4, -0.2) is 47.1 Å². The molecule has 0 aromatic heterocycles. The van der Waals surface area contributed by atoms with Crippen molar-refractivity contribution in [1.29, 1.82) is 0 Å². The van der Waals surface area contributed by atoms with Crippen molar-refractivity contribution < 1.29 is 32.1 Å². The largest absolute Gasteiger partial charge is 0.496 e. The van der Waals surface area contributed by atoms with Crippen molar-refractivity contribution in [3.63, 3.8) is 0 Å². The second kappa shape index (κ2) is 13.1. The molecule has 0 amide bonds. The van der Waals surface area contributed by atoms with E-state index in [2.05, 4.69) is 15.6 Å². The maximum atomic E-state index is 12.2. The lowest BCUT2D eigenvalue weighted by atomic mass is 10.1. The molecule has 0 fully saturated rings. The standard InChI is InChI=1S/C21H26F3N3O4.HI/c1-25-20(26-11-14-5-7-15(8-6-14)31-13-21(22,23)24)27-12-17-18(29-3)9-16(28-2)10-19(17)30-4;/h5-10H,11-13H2,1-4H3,(H2,25,26,27);1H. The fourth-order valence-electron chi connectivity index (χ4n) is 2.70. The van der Waals surface area contributed by atoms with Gasteiger partial charge in [0, 0.05) is 25.7 Å². The van der Waals surface area contributed by atoms with Gasteiger partial charge in [0.2, 0.25) is 0 Å². The van der Waals surface area contributed by atoms with Gasteiger partial charge >= 0.3 is 6.18 Å². The quantitative estimate of drug-likeness (QED) is 0.269. The summed E-state index contributed by atoms with van der Waals surface area (Å²) < 4.78 is 57.5. The Bertz CT molecular complexity index is 853. The Morgan fingerprint density at radius 2 is 1.44 bits per heavy atom.